The van der Waals surface area contributed by atoms with Crippen molar-refractivity contribution < 1.29 is 13.6 Å². The summed E-state index contributed by atoms with van der Waals surface area (Å²) in [6, 6.07) is 9.33. The Morgan fingerprint density at radius 2 is 1.90 bits per heavy atom. The van der Waals surface area contributed by atoms with Crippen molar-refractivity contribution in [2.24, 2.45) is 0 Å². The maximum Gasteiger partial charge on any atom is 0.233 e. The van der Waals surface area contributed by atoms with Gasteiger partial charge in [-0.15, -0.1) is 10.2 Å². The molecular weight excluding hydrogens is 394 g/mol. The Balaban J connectivity index is 1.68. The number of carbonyl (C=O) groups excluding carboxylic acids is 1. The molecule has 0 radical (unpaired) electrons. The van der Waals surface area contributed by atoms with Crippen molar-refractivity contribution in [2.75, 3.05) is 12.8 Å². The number of thioether (sulfide) groups is 1. The number of carbonyl (C=O) groups is 1. The van der Waals surface area contributed by atoms with Crippen LogP contribution in [0.3, 0.4) is 0 Å². The lowest BCUT2D eigenvalue weighted by atomic mass is 10.1. The molecule has 1 heterocycles. The van der Waals surface area contributed by atoms with Gasteiger partial charge in [0.25, 0.3) is 0 Å². The Bertz CT molecular complexity index is 1040. The largest absolute Gasteiger partial charge is 0.338 e. The molecule has 5 nitrogen and oxygen atoms in total. The highest BCUT2D eigenvalue weighted by Crippen LogP contribution is 2.24. The highest BCUT2D eigenvalue weighted by Gasteiger charge is 2.20. The van der Waals surface area contributed by atoms with Crippen molar-refractivity contribution in [1.29, 1.82) is 0 Å². The molecule has 1 atom stereocenters. The molecule has 0 fully saturated rings. The van der Waals surface area contributed by atoms with Gasteiger partial charge in [0, 0.05) is 12.7 Å². The zero-order chi connectivity index (χ0) is 21.1. The molecule has 0 spiro atoms. The molecule has 3 aromatic rings. The molecule has 29 heavy (non-hydrogen) atoms. The topological polar surface area (TPSA) is 51.0 Å². The average Bonchev–Trinajstić information content (AvgIpc) is 3.17. The first-order valence-corrected chi connectivity index (χ1v) is 10.1. The molecule has 1 aromatic heterocycles. The van der Waals surface area contributed by atoms with Gasteiger partial charge in [0.1, 0.15) is 6.33 Å². The third-order valence-corrected chi connectivity index (χ3v) is 5.94. The number of hydrogen-bond acceptors (Lipinski definition) is 4. The quantitative estimate of drug-likeness (QED) is 0.556. The molecule has 152 valence electrons. The van der Waals surface area contributed by atoms with Gasteiger partial charge in [0.15, 0.2) is 16.8 Å². The van der Waals surface area contributed by atoms with Crippen LogP contribution < -0.4 is 0 Å². The van der Waals surface area contributed by atoms with Crippen LogP contribution in [-0.2, 0) is 4.79 Å². The van der Waals surface area contributed by atoms with Crippen LogP contribution >= 0.6 is 11.8 Å². The fourth-order valence-corrected chi connectivity index (χ4v) is 3.67. The standard InChI is InChI=1S/C21H22F2N4OS/c1-13-5-7-17(9-14(13)2)27-12-24-25-21(27)29-11-20(28)26(4)15(3)16-6-8-18(22)19(23)10-16/h5-10,12,15H,11H2,1-4H3. The minimum absolute atomic E-state index is 0.147. The first kappa shape index (κ1) is 21.0. The van der Waals surface area contributed by atoms with Crippen LogP contribution in [0.15, 0.2) is 47.9 Å². The lowest BCUT2D eigenvalue weighted by Crippen LogP contribution is -2.31. The summed E-state index contributed by atoms with van der Waals surface area (Å²) in [5.74, 6) is -1.84. The minimum atomic E-state index is -0.925. The molecule has 0 saturated heterocycles. The number of halogens is 2. The van der Waals surface area contributed by atoms with Crippen LogP contribution in [0.4, 0.5) is 8.78 Å². The number of amides is 1. The fraction of sp³-hybridized carbons (Fsp3) is 0.286. The molecule has 2 aromatic carbocycles. The van der Waals surface area contributed by atoms with Gasteiger partial charge in [0.05, 0.1) is 11.8 Å². The van der Waals surface area contributed by atoms with Crippen molar-refractivity contribution in [3.63, 3.8) is 0 Å². The Kier molecular flexibility index (Phi) is 6.32. The van der Waals surface area contributed by atoms with Crippen molar-refractivity contribution >= 4 is 17.7 Å². The predicted molar refractivity (Wildman–Crippen MR) is 109 cm³/mol. The molecule has 0 aliphatic carbocycles. The Morgan fingerprint density at radius 3 is 2.59 bits per heavy atom. The normalized spacial score (nSPS) is 12.1. The van der Waals surface area contributed by atoms with Crippen molar-refractivity contribution in [3.8, 4) is 5.69 Å². The molecule has 3 rings (SSSR count). The van der Waals surface area contributed by atoms with E-state index >= 15 is 0 Å². The van der Waals surface area contributed by atoms with Gasteiger partial charge in [0.2, 0.25) is 5.91 Å². The Labute approximate surface area is 172 Å². The number of rotatable bonds is 6. The summed E-state index contributed by atoms with van der Waals surface area (Å²) in [5, 5.41) is 8.69. The summed E-state index contributed by atoms with van der Waals surface area (Å²) in [6.07, 6.45) is 1.62. The lowest BCUT2D eigenvalue weighted by Gasteiger charge is -2.25. The minimum Gasteiger partial charge on any atom is -0.338 e. The highest BCUT2D eigenvalue weighted by atomic mass is 32.2. The van der Waals surface area contributed by atoms with Crippen LogP contribution in [0.5, 0.6) is 0 Å². The number of hydrogen-bond donors (Lipinski definition) is 0. The second-order valence-electron chi connectivity index (χ2n) is 6.89. The number of benzene rings is 2. The van der Waals surface area contributed by atoms with Gasteiger partial charge in [-0.05, 0) is 61.7 Å². The molecule has 0 aliphatic rings. The summed E-state index contributed by atoms with van der Waals surface area (Å²) < 4.78 is 28.5. The Morgan fingerprint density at radius 1 is 1.14 bits per heavy atom. The van der Waals surface area contributed by atoms with E-state index in [1.165, 1.54) is 28.3 Å². The molecule has 8 heteroatoms. The summed E-state index contributed by atoms with van der Waals surface area (Å²) in [4.78, 5) is 14.1. The average molecular weight is 416 g/mol. The fourth-order valence-electron chi connectivity index (χ4n) is 2.82. The highest BCUT2D eigenvalue weighted by molar-refractivity contribution is 7.99. The molecular formula is C21H22F2N4OS. The third-order valence-electron chi connectivity index (χ3n) is 5.01. The molecule has 0 N–H and O–H groups in total. The van der Waals surface area contributed by atoms with Crippen LogP contribution in [0.2, 0.25) is 0 Å². The molecule has 0 saturated carbocycles. The Hall–Kier alpha value is -2.74. The van der Waals surface area contributed by atoms with Crippen molar-refractivity contribution in [1.82, 2.24) is 19.7 Å². The number of aryl methyl sites for hydroxylation is 2. The summed E-state index contributed by atoms with van der Waals surface area (Å²) in [7, 11) is 1.64. The van der Waals surface area contributed by atoms with E-state index in [1.807, 2.05) is 36.6 Å². The number of aromatic nitrogens is 3. The van der Waals surface area contributed by atoms with E-state index in [1.54, 1.807) is 20.3 Å². The second-order valence-corrected chi connectivity index (χ2v) is 7.84. The third kappa shape index (κ3) is 4.64. The number of nitrogens with zero attached hydrogens (tertiary/aromatic N) is 4. The van der Waals surface area contributed by atoms with Gasteiger partial charge >= 0.3 is 0 Å². The van der Waals surface area contributed by atoms with Crippen LogP contribution in [0, 0.1) is 25.5 Å². The monoisotopic (exact) mass is 416 g/mol. The zero-order valence-electron chi connectivity index (χ0n) is 16.7. The van der Waals surface area contributed by atoms with Gasteiger partial charge in [-0.2, -0.15) is 0 Å². The van der Waals surface area contributed by atoms with E-state index in [-0.39, 0.29) is 11.7 Å². The van der Waals surface area contributed by atoms with Crippen molar-refractivity contribution in [2.45, 2.75) is 32.0 Å². The van der Waals surface area contributed by atoms with E-state index in [4.69, 9.17) is 0 Å². The van der Waals surface area contributed by atoms with E-state index < -0.39 is 17.7 Å². The second kappa shape index (κ2) is 8.73. The predicted octanol–water partition coefficient (Wildman–Crippen LogP) is 4.47. The van der Waals surface area contributed by atoms with Crippen LogP contribution in [0.1, 0.15) is 29.7 Å². The lowest BCUT2D eigenvalue weighted by molar-refractivity contribution is -0.128. The van der Waals surface area contributed by atoms with Crippen molar-refractivity contribution in [3.05, 3.63) is 71.1 Å². The first-order chi connectivity index (χ1) is 13.8. The van der Waals surface area contributed by atoms with Crippen LogP contribution in [-0.4, -0.2) is 38.4 Å². The molecule has 0 bridgehead atoms. The van der Waals surface area contributed by atoms with Gasteiger partial charge in [-0.3, -0.25) is 9.36 Å². The zero-order valence-corrected chi connectivity index (χ0v) is 17.5. The maximum absolute atomic E-state index is 13.5. The van der Waals surface area contributed by atoms with Gasteiger partial charge in [-0.1, -0.05) is 23.9 Å². The van der Waals surface area contributed by atoms with Gasteiger partial charge < -0.3 is 4.90 Å². The summed E-state index contributed by atoms with van der Waals surface area (Å²) in [5.41, 5.74) is 3.81. The van der Waals surface area contributed by atoms with E-state index in [2.05, 4.69) is 10.2 Å². The van der Waals surface area contributed by atoms with Crippen LogP contribution in [0.25, 0.3) is 5.69 Å². The SMILES string of the molecule is Cc1ccc(-n2cnnc2SCC(=O)N(C)C(C)c2ccc(F)c(F)c2)cc1C. The summed E-state index contributed by atoms with van der Waals surface area (Å²) >= 11 is 1.28. The molecule has 1 amide bonds. The maximum atomic E-state index is 13.5. The van der Waals surface area contributed by atoms with E-state index in [0.29, 0.717) is 10.7 Å². The molecule has 1 unspecified atom stereocenters. The summed E-state index contributed by atoms with van der Waals surface area (Å²) in [6.45, 7) is 5.85. The first-order valence-electron chi connectivity index (χ1n) is 9.09. The van der Waals surface area contributed by atoms with E-state index in [9.17, 15) is 13.6 Å². The molecule has 0 aliphatic heterocycles. The van der Waals surface area contributed by atoms with E-state index in [0.717, 1.165) is 23.4 Å². The smallest absolute Gasteiger partial charge is 0.233 e. The van der Waals surface area contributed by atoms with Gasteiger partial charge in [-0.25, -0.2) is 8.78 Å².